The van der Waals surface area contributed by atoms with Gasteiger partial charge in [-0.15, -0.1) is 0 Å². The summed E-state index contributed by atoms with van der Waals surface area (Å²) in [5, 5.41) is 0. The zero-order valence-electron chi connectivity index (χ0n) is 7.13. The van der Waals surface area contributed by atoms with Crippen LogP contribution < -0.4 is 18.2 Å². The van der Waals surface area contributed by atoms with Gasteiger partial charge < -0.3 is 0 Å². The van der Waals surface area contributed by atoms with Gasteiger partial charge in [0.15, 0.2) is 0 Å². The molecule has 2 unspecified atom stereocenters. The van der Waals surface area contributed by atoms with Crippen molar-refractivity contribution in [3.8, 4) is 11.5 Å². The predicted octanol–water partition coefficient (Wildman–Crippen LogP) is -1.78. The van der Waals surface area contributed by atoms with Crippen LogP contribution in [0.15, 0.2) is 12.1 Å². The van der Waals surface area contributed by atoms with E-state index in [1.54, 1.807) is 31.1 Å². The molecule has 0 saturated carbocycles. The molecule has 2 atom stereocenters. The van der Waals surface area contributed by atoms with Crippen molar-refractivity contribution < 1.29 is 9.47 Å². The van der Waals surface area contributed by atoms with Crippen molar-refractivity contribution in [1.82, 2.24) is 0 Å². The van der Waals surface area contributed by atoms with Crippen LogP contribution in [0, 0.1) is 0 Å². The number of benzene rings is 1. The van der Waals surface area contributed by atoms with E-state index in [9.17, 15) is 0 Å². The van der Waals surface area contributed by atoms with Crippen LogP contribution in [0.2, 0.25) is 0 Å². The van der Waals surface area contributed by atoms with Gasteiger partial charge in [-0.25, -0.2) is 0 Å². The van der Waals surface area contributed by atoms with E-state index in [2.05, 4.69) is 0 Å². The molecule has 1 rings (SSSR count). The molecule has 0 saturated heterocycles. The maximum absolute atomic E-state index is 5.27. The molecule has 1 aromatic carbocycles. The Bertz CT molecular complexity index is 287. The zero-order chi connectivity index (χ0) is 9.14. The van der Waals surface area contributed by atoms with E-state index in [1.807, 2.05) is 12.1 Å². The van der Waals surface area contributed by atoms with Crippen molar-refractivity contribution in [2.24, 2.45) is 0 Å². The van der Waals surface area contributed by atoms with Gasteiger partial charge in [-0.05, 0) is 0 Å². The second-order valence-corrected chi connectivity index (χ2v) is 4.82. The van der Waals surface area contributed by atoms with Crippen LogP contribution in [0.5, 0.6) is 11.5 Å². The van der Waals surface area contributed by atoms with Crippen LogP contribution in [0.4, 0.5) is 0 Å². The van der Waals surface area contributed by atoms with Crippen LogP contribution in [0.1, 0.15) is 0 Å². The summed E-state index contributed by atoms with van der Waals surface area (Å²) >= 11 is 3.10. The SMILES string of the molecule is COc1ccc([AsH2])c(OC)c1[AsH2]. The Hall–Kier alpha value is -0.0631. The van der Waals surface area contributed by atoms with Gasteiger partial charge in [-0.2, -0.15) is 0 Å². The van der Waals surface area contributed by atoms with Crippen molar-refractivity contribution in [3.63, 3.8) is 0 Å². The molecule has 66 valence electrons. The molecular weight excluding hydrogens is 278 g/mol. The molecule has 2 nitrogen and oxygen atoms in total. The third-order valence-electron chi connectivity index (χ3n) is 1.61. The first-order valence-corrected chi connectivity index (χ1v) is 5.89. The van der Waals surface area contributed by atoms with Gasteiger partial charge in [-0.1, -0.05) is 0 Å². The quantitative estimate of drug-likeness (QED) is 0.600. The summed E-state index contributed by atoms with van der Waals surface area (Å²) in [4.78, 5) is 0. The molecule has 0 aliphatic rings. The molecule has 12 heavy (non-hydrogen) atoms. The minimum atomic E-state index is 0.910. The normalized spacial score (nSPS) is 9.67. The van der Waals surface area contributed by atoms with Gasteiger partial charge in [0.1, 0.15) is 0 Å². The number of hydrogen-bond donors (Lipinski definition) is 0. The van der Waals surface area contributed by atoms with Crippen LogP contribution >= 0.6 is 0 Å². The Kier molecular flexibility index (Phi) is 3.55. The Morgan fingerprint density at radius 2 is 1.75 bits per heavy atom. The summed E-state index contributed by atoms with van der Waals surface area (Å²) in [5.74, 6) is 1.88. The molecule has 0 heterocycles. The molecule has 0 bridgehead atoms. The second kappa shape index (κ2) is 4.25. The first-order valence-electron chi connectivity index (χ1n) is 3.46. The third-order valence-corrected chi connectivity index (χ3v) is 3.71. The maximum atomic E-state index is 5.27. The molecule has 0 aromatic heterocycles. The van der Waals surface area contributed by atoms with Gasteiger partial charge in [-0.3, -0.25) is 0 Å². The van der Waals surface area contributed by atoms with Crippen molar-refractivity contribution in [2.75, 3.05) is 14.2 Å². The Morgan fingerprint density at radius 3 is 2.25 bits per heavy atom. The topological polar surface area (TPSA) is 18.5 Å². The molecule has 1 aromatic rings. The van der Waals surface area contributed by atoms with Crippen molar-refractivity contribution >= 4 is 42.4 Å². The molecule has 0 aliphatic carbocycles. The van der Waals surface area contributed by atoms with Crippen LogP contribution in [-0.2, 0) is 0 Å². The van der Waals surface area contributed by atoms with Crippen LogP contribution in [0.25, 0.3) is 0 Å². The Morgan fingerprint density at radius 1 is 1.08 bits per heavy atom. The molecule has 0 radical (unpaired) electrons. The fourth-order valence-corrected chi connectivity index (χ4v) is 3.56. The first kappa shape index (κ1) is 10.0. The molecule has 0 N–H and O–H groups in total. The second-order valence-electron chi connectivity index (χ2n) is 2.30. The molecule has 0 spiro atoms. The van der Waals surface area contributed by atoms with Crippen LogP contribution in [-0.4, -0.2) is 47.9 Å². The van der Waals surface area contributed by atoms with Gasteiger partial charge in [0, 0.05) is 0 Å². The summed E-state index contributed by atoms with van der Waals surface area (Å²) in [5.41, 5.74) is 0. The van der Waals surface area contributed by atoms with Gasteiger partial charge in [0.05, 0.1) is 0 Å². The van der Waals surface area contributed by atoms with E-state index in [0.717, 1.165) is 15.9 Å². The summed E-state index contributed by atoms with van der Waals surface area (Å²) < 4.78 is 12.8. The number of ether oxygens (including phenoxy) is 2. The average molecular weight is 290 g/mol. The van der Waals surface area contributed by atoms with E-state index >= 15 is 0 Å². The Balaban J connectivity index is 3.24. The monoisotopic (exact) mass is 290 g/mol. The molecule has 0 amide bonds. The van der Waals surface area contributed by atoms with Crippen LogP contribution in [0.3, 0.4) is 0 Å². The number of rotatable bonds is 2. The van der Waals surface area contributed by atoms with E-state index in [0.29, 0.717) is 0 Å². The van der Waals surface area contributed by atoms with Gasteiger partial charge >= 0.3 is 89.7 Å². The molecule has 4 heteroatoms. The standard InChI is InChI=1S/C8H12As2O2/c1-11-6-4-3-5(9)8(12-2)7(6)10/h3-4H,9-10H2,1-2H3. The third kappa shape index (κ3) is 1.81. The minimum absolute atomic E-state index is 0.910. The van der Waals surface area contributed by atoms with Crippen molar-refractivity contribution in [3.05, 3.63) is 12.1 Å². The summed E-state index contributed by atoms with van der Waals surface area (Å²) in [6, 6.07) is 4.01. The molecule has 0 aliphatic heterocycles. The van der Waals surface area contributed by atoms with E-state index in [1.165, 1.54) is 21.2 Å². The first-order chi connectivity index (χ1) is 5.70. The summed E-state index contributed by atoms with van der Waals surface area (Å²) in [6.07, 6.45) is 0. The number of methoxy groups -OCH3 is 2. The predicted molar refractivity (Wildman–Crippen MR) is 55.9 cm³/mol. The Labute approximate surface area is 89.6 Å². The average Bonchev–Trinajstić information content (AvgIpc) is 2.06. The number of hydrogen-bond acceptors (Lipinski definition) is 2. The molecular formula is C8H12As2O2. The fourth-order valence-electron chi connectivity index (χ4n) is 1.00. The van der Waals surface area contributed by atoms with E-state index < -0.39 is 0 Å². The van der Waals surface area contributed by atoms with Crippen molar-refractivity contribution in [2.45, 2.75) is 0 Å². The van der Waals surface area contributed by atoms with E-state index in [-0.39, 0.29) is 0 Å². The zero-order valence-corrected chi connectivity index (χ0v) is 12.0. The van der Waals surface area contributed by atoms with E-state index in [4.69, 9.17) is 9.47 Å². The fraction of sp³-hybridized carbons (Fsp3) is 0.250. The van der Waals surface area contributed by atoms with Gasteiger partial charge in [0.2, 0.25) is 0 Å². The van der Waals surface area contributed by atoms with Crippen molar-refractivity contribution in [1.29, 1.82) is 0 Å². The summed E-state index contributed by atoms with van der Waals surface area (Å²) in [7, 11) is 3.37. The van der Waals surface area contributed by atoms with Gasteiger partial charge in [0.25, 0.3) is 0 Å². The molecule has 0 fully saturated rings. The summed E-state index contributed by atoms with van der Waals surface area (Å²) in [6.45, 7) is 0.